The first kappa shape index (κ1) is 39.2. The van der Waals surface area contributed by atoms with Crippen molar-refractivity contribution in [1.29, 1.82) is 21.0 Å². The Kier molecular flexibility index (Phi) is 11.9. The molecular formula is C36H26F4N6O6S2. The van der Waals surface area contributed by atoms with E-state index in [1.165, 1.54) is 48.8 Å². The molecule has 0 spiro atoms. The monoisotopic (exact) mass is 778 g/mol. The van der Waals surface area contributed by atoms with Crippen LogP contribution in [0.4, 0.5) is 17.6 Å². The molecule has 6 rings (SSSR count). The summed E-state index contributed by atoms with van der Waals surface area (Å²) in [7, 11) is -7.28. The molecule has 2 N–H and O–H groups in total. The van der Waals surface area contributed by atoms with E-state index in [2.05, 4.69) is 8.73 Å². The second kappa shape index (κ2) is 16.3. The number of nitriles is 4. The Bertz CT molecular complexity index is 2400. The number of ether oxygens (including phenoxy) is 2. The number of aliphatic hydroxyl groups excluding tert-OH is 2. The molecule has 18 heteroatoms. The standard InChI is InChI=1S/2C18H13F2N3O3S/c2*19-9-27(25,23-10-22)17-4-3-16(14-1-2-15(24)18(14)17)26-13-6-11(8-21)5-12(20)7-13/h2*3-7,15,24H,1-2,9H2/t2*15-,27?/m11/s1. The largest absolute Gasteiger partial charge is 0.457 e. The fourth-order valence-electron chi connectivity index (χ4n) is 6.11. The van der Waals surface area contributed by atoms with Gasteiger partial charge in [0.2, 0.25) is 12.4 Å². The number of halogens is 4. The summed E-state index contributed by atoms with van der Waals surface area (Å²) in [6.07, 6.45) is 2.00. The molecule has 0 fully saturated rings. The van der Waals surface area contributed by atoms with E-state index in [1.807, 2.05) is 12.1 Å². The Morgan fingerprint density at radius 2 is 1.06 bits per heavy atom. The summed E-state index contributed by atoms with van der Waals surface area (Å²) >= 11 is 0. The lowest BCUT2D eigenvalue weighted by molar-refractivity contribution is 0.177. The first-order valence-corrected chi connectivity index (χ1v) is 19.0. The highest BCUT2D eigenvalue weighted by molar-refractivity contribution is 7.93. The van der Waals surface area contributed by atoms with Crippen LogP contribution in [0.3, 0.4) is 0 Å². The zero-order valence-corrected chi connectivity index (χ0v) is 29.3. The van der Waals surface area contributed by atoms with Gasteiger partial charge in [0, 0.05) is 34.4 Å². The van der Waals surface area contributed by atoms with Crippen molar-refractivity contribution in [2.24, 2.45) is 8.73 Å². The molecule has 2 aliphatic rings. The van der Waals surface area contributed by atoms with Crippen LogP contribution in [0.2, 0.25) is 0 Å². The summed E-state index contributed by atoms with van der Waals surface area (Å²) in [6.45, 7) is 0. The van der Waals surface area contributed by atoms with Crippen molar-refractivity contribution in [2.45, 2.75) is 47.7 Å². The Morgan fingerprint density at radius 3 is 1.39 bits per heavy atom. The van der Waals surface area contributed by atoms with Crippen LogP contribution >= 0.6 is 0 Å². The van der Waals surface area contributed by atoms with E-state index in [0.717, 1.165) is 24.3 Å². The molecule has 4 aromatic carbocycles. The average molecular weight is 779 g/mol. The summed E-state index contributed by atoms with van der Waals surface area (Å²) in [4.78, 5) is -0.0910. The molecule has 276 valence electrons. The molecular weight excluding hydrogens is 753 g/mol. The zero-order valence-electron chi connectivity index (χ0n) is 27.7. The number of rotatable bonds is 8. The maximum absolute atomic E-state index is 13.6. The lowest BCUT2D eigenvalue weighted by atomic mass is 10.1. The van der Waals surface area contributed by atoms with Crippen LogP contribution in [0.5, 0.6) is 23.0 Å². The molecule has 54 heavy (non-hydrogen) atoms. The quantitative estimate of drug-likeness (QED) is 0.133. The summed E-state index contributed by atoms with van der Waals surface area (Å²) in [5.74, 6) is -0.613. The smallest absolute Gasteiger partial charge is 0.215 e. The molecule has 2 unspecified atom stereocenters. The molecule has 2 aliphatic carbocycles. The number of hydrogen-bond donors (Lipinski definition) is 2. The minimum Gasteiger partial charge on any atom is -0.457 e. The van der Waals surface area contributed by atoms with Crippen molar-refractivity contribution in [3.05, 3.63) is 106 Å². The average Bonchev–Trinajstić information content (AvgIpc) is 3.74. The fourth-order valence-corrected chi connectivity index (χ4v) is 8.67. The van der Waals surface area contributed by atoms with Crippen molar-refractivity contribution in [2.75, 3.05) is 12.0 Å². The van der Waals surface area contributed by atoms with Crippen LogP contribution in [-0.2, 0) is 32.3 Å². The predicted octanol–water partition coefficient (Wildman–Crippen LogP) is 7.41. The van der Waals surface area contributed by atoms with Gasteiger partial charge in [-0.1, -0.05) is 0 Å². The van der Waals surface area contributed by atoms with Gasteiger partial charge in [0.15, 0.2) is 12.0 Å². The lowest BCUT2D eigenvalue weighted by Crippen LogP contribution is -2.09. The summed E-state index contributed by atoms with van der Waals surface area (Å²) in [5.41, 5.74) is 1.55. The molecule has 0 amide bonds. The molecule has 0 saturated heterocycles. The van der Waals surface area contributed by atoms with E-state index in [0.29, 0.717) is 36.8 Å². The van der Waals surface area contributed by atoms with Gasteiger partial charge in [0.05, 0.1) is 45.3 Å². The highest BCUT2D eigenvalue weighted by atomic mass is 32.2. The summed E-state index contributed by atoms with van der Waals surface area (Å²) in [5, 5.41) is 55.9. The molecule has 0 radical (unpaired) electrons. The highest BCUT2D eigenvalue weighted by Crippen LogP contribution is 2.44. The topological polar surface area (TPSA) is 213 Å². The van der Waals surface area contributed by atoms with Crippen LogP contribution in [0.15, 0.2) is 79.2 Å². The maximum atomic E-state index is 13.6. The van der Waals surface area contributed by atoms with Gasteiger partial charge in [-0.3, -0.25) is 0 Å². The molecule has 12 nitrogen and oxygen atoms in total. The molecule has 0 aromatic heterocycles. The first-order chi connectivity index (χ1) is 25.8. The third kappa shape index (κ3) is 7.98. The zero-order chi connectivity index (χ0) is 39.2. The van der Waals surface area contributed by atoms with E-state index in [1.54, 1.807) is 0 Å². The SMILES string of the molecule is N#CN=S(=O)(CF)c1ccc(Oc2cc(F)cc(C#N)c2)c2c1[C@H](O)CC2.N#CN=S(=O)(CF)c1ccc(Oc2cc(F)cc(C#N)c2)c2c1[C@H](O)CC2. The van der Waals surface area contributed by atoms with Crippen molar-refractivity contribution in [3.8, 4) is 47.5 Å². The van der Waals surface area contributed by atoms with Crippen molar-refractivity contribution in [3.63, 3.8) is 0 Å². The van der Waals surface area contributed by atoms with Crippen molar-refractivity contribution in [1.82, 2.24) is 0 Å². The molecule has 0 aliphatic heterocycles. The normalized spacial score (nSPS) is 17.3. The van der Waals surface area contributed by atoms with Crippen molar-refractivity contribution < 1.29 is 45.7 Å². The second-order valence-corrected chi connectivity index (χ2v) is 15.9. The Hall–Kier alpha value is -6.02. The summed E-state index contributed by atoms with van der Waals surface area (Å²) in [6, 6.07) is 13.3. The molecule has 0 heterocycles. The van der Waals surface area contributed by atoms with Crippen LogP contribution < -0.4 is 9.47 Å². The van der Waals surface area contributed by atoms with E-state index < -0.39 is 55.3 Å². The van der Waals surface area contributed by atoms with Gasteiger partial charge in [-0.2, -0.15) is 21.0 Å². The van der Waals surface area contributed by atoms with Crippen LogP contribution in [0.25, 0.3) is 0 Å². The van der Waals surface area contributed by atoms with Crippen LogP contribution in [-0.4, -0.2) is 30.6 Å². The fraction of sp³-hybridized carbons (Fsp3) is 0.222. The third-order valence-corrected chi connectivity index (χ3v) is 11.8. The Balaban J connectivity index is 0.000000208. The number of benzene rings is 4. The Labute approximate surface area is 307 Å². The van der Waals surface area contributed by atoms with E-state index in [9.17, 15) is 36.2 Å². The first-order valence-electron chi connectivity index (χ1n) is 15.7. The predicted molar refractivity (Wildman–Crippen MR) is 183 cm³/mol. The van der Waals surface area contributed by atoms with Gasteiger partial charge in [0.25, 0.3) is 0 Å². The second-order valence-electron chi connectivity index (χ2n) is 11.7. The van der Waals surface area contributed by atoms with Crippen molar-refractivity contribution >= 4 is 19.5 Å². The van der Waals surface area contributed by atoms with Gasteiger partial charge < -0.3 is 19.7 Å². The van der Waals surface area contributed by atoms with E-state index in [-0.39, 0.29) is 55.0 Å². The number of alkyl halides is 2. The van der Waals surface area contributed by atoms with E-state index >= 15 is 0 Å². The van der Waals surface area contributed by atoms with Gasteiger partial charge in [-0.15, -0.1) is 8.73 Å². The molecule has 0 bridgehead atoms. The lowest BCUT2D eigenvalue weighted by Gasteiger charge is -2.16. The van der Waals surface area contributed by atoms with Crippen LogP contribution in [0, 0.1) is 57.2 Å². The van der Waals surface area contributed by atoms with E-state index in [4.69, 9.17) is 30.5 Å². The highest BCUT2D eigenvalue weighted by Gasteiger charge is 2.33. The molecule has 4 atom stereocenters. The maximum Gasteiger partial charge on any atom is 0.215 e. The number of aliphatic hydroxyl groups is 2. The minimum atomic E-state index is -3.64. The van der Waals surface area contributed by atoms with Gasteiger partial charge >= 0.3 is 0 Å². The number of nitrogens with zero attached hydrogens (tertiary/aromatic N) is 6. The van der Waals surface area contributed by atoms with Gasteiger partial charge in [-0.25, -0.2) is 26.0 Å². The number of fused-ring (bicyclic) bond motifs is 2. The molecule has 4 aromatic rings. The number of hydrogen-bond acceptors (Lipinski definition) is 12. The Morgan fingerprint density at radius 1 is 0.667 bits per heavy atom. The van der Waals surface area contributed by atoms with Crippen LogP contribution in [0.1, 0.15) is 58.4 Å². The third-order valence-electron chi connectivity index (χ3n) is 8.37. The van der Waals surface area contributed by atoms with Gasteiger partial charge in [0.1, 0.15) is 54.1 Å². The minimum absolute atomic E-state index is 0.0455. The summed E-state index contributed by atoms with van der Waals surface area (Å²) < 4.78 is 97.1. The molecule has 0 saturated carbocycles. The van der Waals surface area contributed by atoms with Gasteiger partial charge in [-0.05, 0) is 74.2 Å².